The number of rotatable bonds is 53. The SMILES string of the molecule is CC/C=C\C/C=C\C/C=C\C/C=C\C/C=C\C/C=C\CCCCCCCCCCC(=O)OCC(COC(=O)C/C=C\C/C=C\C/C=C\C/C=C\C/C=C\CC)OC(=O)CCCCCCCCC/C=C\C/C=C\C/C=C\CC. The van der Waals surface area contributed by atoms with Crippen LogP contribution in [0.5, 0.6) is 0 Å². The molecule has 0 rings (SSSR count). The van der Waals surface area contributed by atoms with Crippen molar-refractivity contribution in [2.75, 3.05) is 13.2 Å². The first-order chi connectivity index (χ1) is 38.0. The molecule has 6 heteroatoms. The molecule has 0 aliphatic rings. The van der Waals surface area contributed by atoms with Gasteiger partial charge in [0.05, 0.1) is 6.42 Å². The third-order valence-corrected chi connectivity index (χ3v) is 12.2. The van der Waals surface area contributed by atoms with Crippen LogP contribution in [-0.4, -0.2) is 37.2 Å². The molecule has 0 bridgehead atoms. The largest absolute Gasteiger partial charge is 0.462 e. The highest BCUT2D eigenvalue weighted by Crippen LogP contribution is 2.14. The first kappa shape index (κ1) is 71.8. The number of hydrogen-bond donors (Lipinski definition) is 0. The number of ether oxygens (including phenoxy) is 3. The van der Waals surface area contributed by atoms with E-state index in [1.54, 1.807) is 6.08 Å². The molecule has 0 radical (unpaired) electrons. The van der Waals surface area contributed by atoms with Gasteiger partial charge in [-0.25, -0.2) is 0 Å². The van der Waals surface area contributed by atoms with Crippen LogP contribution in [0.4, 0.5) is 0 Å². The Hall–Kier alpha value is -5.23. The van der Waals surface area contributed by atoms with Gasteiger partial charge < -0.3 is 14.2 Å². The van der Waals surface area contributed by atoms with Gasteiger partial charge in [-0.15, -0.1) is 0 Å². The third-order valence-electron chi connectivity index (χ3n) is 12.2. The predicted octanol–water partition coefficient (Wildman–Crippen LogP) is 21.1. The Morgan fingerprint density at radius 3 is 0.844 bits per heavy atom. The highest BCUT2D eigenvalue weighted by Gasteiger charge is 2.19. The van der Waals surface area contributed by atoms with Crippen LogP contribution in [0, 0.1) is 0 Å². The summed E-state index contributed by atoms with van der Waals surface area (Å²) in [5.41, 5.74) is 0. The van der Waals surface area contributed by atoms with Gasteiger partial charge in [0.2, 0.25) is 0 Å². The first-order valence-corrected chi connectivity index (χ1v) is 30.6. The Labute approximate surface area is 472 Å². The van der Waals surface area contributed by atoms with Crippen molar-refractivity contribution in [3.8, 4) is 0 Å². The molecule has 0 fully saturated rings. The second kappa shape index (κ2) is 63.3. The zero-order valence-corrected chi connectivity index (χ0v) is 49.1. The van der Waals surface area contributed by atoms with E-state index in [2.05, 4.69) is 179 Å². The number of carbonyl (C=O) groups excluding carboxylic acids is 3. The number of unbranched alkanes of at least 4 members (excludes halogenated alkanes) is 15. The molecule has 0 heterocycles. The van der Waals surface area contributed by atoms with Crippen molar-refractivity contribution in [3.63, 3.8) is 0 Å². The van der Waals surface area contributed by atoms with E-state index in [0.29, 0.717) is 6.42 Å². The zero-order chi connectivity index (χ0) is 55.7. The zero-order valence-electron chi connectivity index (χ0n) is 49.1. The number of allylic oxidation sites excluding steroid dienone is 27. The molecular formula is C71H110O6. The first-order valence-electron chi connectivity index (χ1n) is 30.6. The molecular weight excluding hydrogens is 949 g/mol. The monoisotopic (exact) mass is 1060 g/mol. The molecule has 0 saturated heterocycles. The maximum Gasteiger partial charge on any atom is 0.309 e. The van der Waals surface area contributed by atoms with Gasteiger partial charge in [-0.05, 0) is 128 Å². The van der Waals surface area contributed by atoms with E-state index in [9.17, 15) is 14.4 Å². The lowest BCUT2D eigenvalue weighted by molar-refractivity contribution is -0.166. The average Bonchev–Trinajstić information content (AvgIpc) is 3.43. The van der Waals surface area contributed by atoms with Gasteiger partial charge in [-0.3, -0.25) is 14.4 Å². The van der Waals surface area contributed by atoms with E-state index in [1.807, 2.05) is 6.08 Å². The molecule has 6 nitrogen and oxygen atoms in total. The predicted molar refractivity (Wildman–Crippen MR) is 334 cm³/mol. The fraction of sp³-hybridized carbons (Fsp3) is 0.563. The van der Waals surface area contributed by atoms with Crippen LogP contribution in [0.25, 0.3) is 0 Å². The Bertz CT molecular complexity index is 1790. The van der Waals surface area contributed by atoms with Crippen molar-refractivity contribution < 1.29 is 28.6 Å². The quantitative estimate of drug-likeness (QED) is 0.0261. The van der Waals surface area contributed by atoms with E-state index in [0.717, 1.165) is 148 Å². The summed E-state index contributed by atoms with van der Waals surface area (Å²) in [5.74, 6) is -1.08. The maximum absolute atomic E-state index is 12.9. The van der Waals surface area contributed by atoms with Crippen LogP contribution in [0.1, 0.15) is 239 Å². The van der Waals surface area contributed by atoms with E-state index in [1.165, 1.54) is 51.4 Å². The van der Waals surface area contributed by atoms with Crippen molar-refractivity contribution >= 4 is 17.9 Å². The minimum absolute atomic E-state index is 0.115. The molecule has 0 aliphatic heterocycles. The molecule has 0 spiro atoms. The highest BCUT2D eigenvalue weighted by atomic mass is 16.6. The fourth-order valence-corrected chi connectivity index (χ4v) is 7.77. The molecule has 77 heavy (non-hydrogen) atoms. The highest BCUT2D eigenvalue weighted by molar-refractivity contribution is 5.72. The van der Waals surface area contributed by atoms with Crippen LogP contribution < -0.4 is 0 Å². The van der Waals surface area contributed by atoms with E-state index in [-0.39, 0.29) is 38.0 Å². The van der Waals surface area contributed by atoms with Gasteiger partial charge in [0.1, 0.15) is 13.2 Å². The molecule has 0 aromatic carbocycles. The molecule has 0 aliphatic carbocycles. The van der Waals surface area contributed by atoms with Gasteiger partial charge in [0.15, 0.2) is 6.10 Å². The van der Waals surface area contributed by atoms with Crippen LogP contribution >= 0.6 is 0 Å². The van der Waals surface area contributed by atoms with Crippen molar-refractivity contribution in [3.05, 3.63) is 170 Å². The Morgan fingerprint density at radius 2 is 0.519 bits per heavy atom. The number of carbonyl (C=O) groups is 3. The average molecular weight is 1060 g/mol. The molecule has 1 atom stereocenters. The van der Waals surface area contributed by atoms with Crippen LogP contribution in [0.3, 0.4) is 0 Å². The molecule has 0 aromatic rings. The summed E-state index contributed by atoms with van der Waals surface area (Å²) in [5, 5.41) is 0. The van der Waals surface area contributed by atoms with Gasteiger partial charge in [-0.2, -0.15) is 0 Å². The van der Waals surface area contributed by atoms with Gasteiger partial charge in [-0.1, -0.05) is 262 Å². The number of esters is 3. The minimum Gasteiger partial charge on any atom is -0.462 e. The standard InChI is InChI=1S/C71H110O6/c1-4-7-10-13-16-19-22-25-28-30-31-32-33-34-35-36-37-38-39-41-43-46-49-52-55-58-61-64-70(73)76-67-68(66-75-69(72)63-60-57-54-51-48-45-42-27-24-21-18-15-12-9-6-3)77-71(74)65-62-59-56-53-50-47-44-40-29-26-23-20-17-14-11-8-5-2/h7-12,16-21,25-29,31-32,34-35,37-38,42,48,51,57,60,68H,4-6,13-15,22-24,30,33,36,39-41,43-47,49-50,52-56,58-59,61-67H2,1-3H3/b10-7-,11-8-,12-9-,19-16-,20-17-,21-18-,28-25-,29-26-,32-31-,35-34-,38-37-,42-27-,51-48-,60-57-. The van der Waals surface area contributed by atoms with Crippen molar-refractivity contribution in [2.24, 2.45) is 0 Å². The summed E-state index contributed by atoms with van der Waals surface area (Å²) >= 11 is 0. The van der Waals surface area contributed by atoms with Gasteiger partial charge in [0.25, 0.3) is 0 Å². The van der Waals surface area contributed by atoms with Gasteiger partial charge in [0, 0.05) is 12.8 Å². The summed E-state index contributed by atoms with van der Waals surface area (Å²) < 4.78 is 16.8. The van der Waals surface area contributed by atoms with Crippen LogP contribution in [0.2, 0.25) is 0 Å². The Kier molecular flexibility index (Phi) is 59.0. The molecule has 1 unspecified atom stereocenters. The lowest BCUT2D eigenvalue weighted by Gasteiger charge is -2.18. The van der Waals surface area contributed by atoms with Crippen LogP contribution in [0.15, 0.2) is 170 Å². The Morgan fingerprint density at radius 1 is 0.273 bits per heavy atom. The molecule has 0 saturated carbocycles. The number of hydrogen-bond acceptors (Lipinski definition) is 6. The van der Waals surface area contributed by atoms with E-state index >= 15 is 0 Å². The lowest BCUT2D eigenvalue weighted by Crippen LogP contribution is -2.30. The van der Waals surface area contributed by atoms with Crippen LogP contribution in [-0.2, 0) is 28.6 Å². The molecule has 0 aromatic heterocycles. The van der Waals surface area contributed by atoms with Crippen molar-refractivity contribution in [2.45, 2.75) is 245 Å². The molecule has 0 N–H and O–H groups in total. The summed E-state index contributed by atoms with van der Waals surface area (Å²) in [6.07, 6.45) is 93.7. The summed E-state index contributed by atoms with van der Waals surface area (Å²) in [6, 6.07) is 0. The second-order valence-corrected chi connectivity index (χ2v) is 19.5. The van der Waals surface area contributed by atoms with Crippen molar-refractivity contribution in [1.82, 2.24) is 0 Å². The Balaban J connectivity index is 4.47. The van der Waals surface area contributed by atoms with Gasteiger partial charge >= 0.3 is 17.9 Å². The lowest BCUT2D eigenvalue weighted by atomic mass is 10.1. The minimum atomic E-state index is -0.837. The van der Waals surface area contributed by atoms with E-state index in [4.69, 9.17) is 14.2 Å². The van der Waals surface area contributed by atoms with Crippen molar-refractivity contribution in [1.29, 1.82) is 0 Å². The summed E-state index contributed by atoms with van der Waals surface area (Å²) in [7, 11) is 0. The summed E-state index contributed by atoms with van der Waals surface area (Å²) in [4.78, 5) is 38.2. The third kappa shape index (κ3) is 61.5. The second-order valence-electron chi connectivity index (χ2n) is 19.5. The summed E-state index contributed by atoms with van der Waals surface area (Å²) in [6.45, 7) is 6.19. The normalized spacial score (nSPS) is 13.3. The molecule has 0 amide bonds. The molecule has 430 valence electrons. The van der Waals surface area contributed by atoms with E-state index < -0.39 is 12.1 Å². The topological polar surface area (TPSA) is 78.9 Å². The smallest absolute Gasteiger partial charge is 0.309 e. The fourth-order valence-electron chi connectivity index (χ4n) is 7.77. The maximum atomic E-state index is 12.9.